The average Bonchev–Trinajstić information content (AvgIpc) is 2.77. The summed E-state index contributed by atoms with van der Waals surface area (Å²) in [5.41, 5.74) is 2.28. The lowest BCUT2D eigenvalue weighted by atomic mass is 10.0. The first-order valence-corrected chi connectivity index (χ1v) is 6.85. The van der Waals surface area contributed by atoms with E-state index in [1.165, 1.54) is 5.56 Å². The van der Waals surface area contributed by atoms with Crippen LogP contribution >= 0.6 is 15.9 Å². The molecule has 0 radical (unpaired) electrons. The number of hydrogen-bond donors (Lipinski definition) is 1. The van der Waals surface area contributed by atoms with E-state index in [0.717, 1.165) is 23.1 Å². The van der Waals surface area contributed by atoms with Crippen molar-refractivity contribution in [2.24, 2.45) is 7.05 Å². The summed E-state index contributed by atoms with van der Waals surface area (Å²) in [7, 11) is 1.92. The fourth-order valence-electron chi connectivity index (χ4n) is 1.93. The van der Waals surface area contributed by atoms with Crippen LogP contribution in [0.1, 0.15) is 30.6 Å². The molecule has 1 heterocycles. The summed E-state index contributed by atoms with van der Waals surface area (Å²) in [6.07, 6.45) is 2.91. The van der Waals surface area contributed by atoms with Gasteiger partial charge in [0.15, 0.2) is 0 Å². The average molecular weight is 309 g/mol. The maximum Gasteiger partial charge on any atom is 0.0798 e. The summed E-state index contributed by atoms with van der Waals surface area (Å²) in [6, 6.07) is 8.44. The highest BCUT2D eigenvalue weighted by Crippen LogP contribution is 2.23. The maximum absolute atomic E-state index is 4.01. The van der Waals surface area contributed by atoms with E-state index in [4.69, 9.17) is 0 Å². The Bertz CT molecular complexity index is 509. The van der Waals surface area contributed by atoms with Gasteiger partial charge in [-0.15, -0.1) is 5.10 Å². The van der Waals surface area contributed by atoms with Crippen LogP contribution in [0.3, 0.4) is 0 Å². The van der Waals surface area contributed by atoms with Crippen LogP contribution in [0.4, 0.5) is 0 Å². The van der Waals surface area contributed by atoms with Crippen LogP contribution in [-0.4, -0.2) is 21.5 Å². The molecule has 5 heteroatoms. The molecule has 1 aromatic carbocycles. The van der Waals surface area contributed by atoms with Gasteiger partial charge in [-0.2, -0.15) is 0 Å². The van der Waals surface area contributed by atoms with Gasteiger partial charge in [-0.25, -0.2) is 0 Å². The van der Waals surface area contributed by atoms with Gasteiger partial charge in [0.05, 0.1) is 17.9 Å². The molecule has 96 valence electrons. The Morgan fingerprint density at radius 1 is 1.44 bits per heavy atom. The molecule has 0 aliphatic rings. The van der Waals surface area contributed by atoms with Crippen molar-refractivity contribution in [3.63, 3.8) is 0 Å². The van der Waals surface area contributed by atoms with Gasteiger partial charge in [0, 0.05) is 11.5 Å². The number of hydrogen-bond acceptors (Lipinski definition) is 3. The monoisotopic (exact) mass is 308 g/mol. The van der Waals surface area contributed by atoms with Crippen molar-refractivity contribution in [3.05, 3.63) is 46.2 Å². The lowest BCUT2D eigenvalue weighted by Gasteiger charge is -2.19. The first kappa shape index (κ1) is 13.2. The van der Waals surface area contributed by atoms with Gasteiger partial charge in [-0.05, 0) is 30.7 Å². The van der Waals surface area contributed by atoms with Crippen LogP contribution in [0, 0.1) is 0 Å². The minimum absolute atomic E-state index is 0.127. The van der Waals surface area contributed by atoms with Crippen molar-refractivity contribution >= 4 is 15.9 Å². The quantitative estimate of drug-likeness (QED) is 0.923. The highest BCUT2D eigenvalue weighted by molar-refractivity contribution is 9.10. The van der Waals surface area contributed by atoms with Gasteiger partial charge in [-0.1, -0.05) is 40.2 Å². The molecule has 0 amide bonds. The zero-order chi connectivity index (χ0) is 13.0. The van der Waals surface area contributed by atoms with Crippen molar-refractivity contribution in [2.75, 3.05) is 6.54 Å². The molecular weight excluding hydrogens is 292 g/mol. The maximum atomic E-state index is 4.01. The van der Waals surface area contributed by atoms with Gasteiger partial charge >= 0.3 is 0 Å². The zero-order valence-corrected chi connectivity index (χ0v) is 12.2. The number of nitrogens with one attached hydrogen (secondary N) is 1. The molecule has 0 bridgehead atoms. The molecule has 1 unspecified atom stereocenters. The summed E-state index contributed by atoms with van der Waals surface area (Å²) >= 11 is 3.51. The molecule has 0 saturated heterocycles. The van der Waals surface area contributed by atoms with E-state index < -0.39 is 0 Å². The summed E-state index contributed by atoms with van der Waals surface area (Å²) < 4.78 is 2.90. The summed E-state index contributed by atoms with van der Waals surface area (Å²) in [5, 5.41) is 11.5. The predicted molar refractivity (Wildman–Crippen MR) is 75.3 cm³/mol. The van der Waals surface area contributed by atoms with Crippen LogP contribution < -0.4 is 5.32 Å². The second-order valence-corrected chi connectivity index (χ2v) is 5.14. The number of benzene rings is 1. The molecule has 1 aromatic heterocycles. The van der Waals surface area contributed by atoms with Crippen molar-refractivity contribution in [1.82, 2.24) is 20.3 Å². The van der Waals surface area contributed by atoms with Crippen molar-refractivity contribution in [2.45, 2.75) is 19.4 Å². The van der Waals surface area contributed by atoms with Crippen LogP contribution in [-0.2, 0) is 7.05 Å². The van der Waals surface area contributed by atoms with E-state index in [-0.39, 0.29) is 6.04 Å². The molecule has 0 fully saturated rings. The smallest absolute Gasteiger partial charge is 0.0798 e. The Labute approximate surface area is 116 Å². The molecule has 0 saturated carbocycles. The zero-order valence-electron chi connectivity index (χ0n) is 10.6. The largest absolute Gasteiger partial charge is 0.305 e. The first-order valence-electron chi connectivity index (χ1n) is 6.05. The van der Waals surface area contributed by atoms with Crippen molar-refractivity contribution in [3.8, 4) is 0 Å². The van der Waals surface area contributed by atoms with Gasteiger partial charge in [-0.3, -0.25) is 4.68 Å². The SMILES string of the molecule is CCCNC(c1cccc(Br)c1)c1cnnn1C. The highest BCUT2D eigenvalue weighted by Gasteiger charge is 2.17. The number of halogens is 1. The van der Waals surface area contributed by atoms with Crippen LogP contribution in [0.25, 0.3) is 0 Å². The Hall–Kier alpha value is -1.20. The summed E-state index contributed by atoms with van der Waals surface area (Å²) in [6.45, 7) is 3.12. The van der Waals surface area contributed by atoms with Crippen LogP contribution in [0.5, 0.6) is 0 Å². The van der Waals surface area contributed by atoms with Crippen molar-refractivity contribution < 1.29 is 0 Å². The summed E-state index contributed by atoms with van der Waals surface area (Å²) in [5.74, 6) is 0. The van der Waals surface area contributed by atoms with Gasteiger partial charge in [0.25, 0.3) is 0 Å². The Morgan fingerprint density at radius 2 is 2.28 bits per heavy atom. The van der Waals surface area contributed by atoms with E-state index in [2.05, 4.69) is 50.6 Å². The minimum Gasteiger partial charge on any atom is -0.305 e. The molecule has 0 aliphatic carbocycles. The second kappa shape index (κ2) is 6.11. The number of nitrogens with zero attached hydrogens (tertiary/aromatic N) is 3. The standard InChI is InChI=1S/C13H17BrN4/c1-3-7-15-13(12-9-16-17-18(12)2)10-5-4-6-11(14)8-10/h4-6,8-9,13,15H,3,7H2,1-2H3. The minimum atomic E-state index is 0.127. The molecule has 1 N–H and O–H groups in total. The third-order valence-corrected chi connectivity index (χ3v) is 3.32. The van der Waals surface area contributed by atoms with E-state index in [9.17, 15) is 0 Å². The molecule has 1 atom stereocenters. The molecule has 0 aliphatic heterocycles. The molecular formula is C13H17BrN4. The summed E-state index contributed by atoms with van der Waals surface area (Å²) in [4.78, 5) is 0. The van der Waals surface area contributed by atoms with E-state index in [1.54, 1.807) is 0 Å². The van der Waals surface area contributed by atoms with Crippen LogP contribution in [0.2, 0.25) is 0 Å². The Morgan fingerprint density at radius 3 is 2.89 bits per heavy atom. The second-order valence-electron chi connectivity index (χ2n) is 4.22. The molecule has 2 rings (SSSR count). The number of rotatable bonds is 5. The van der Waals surface area contributed by atoms with Crippen LogP contribution in [0.15, 0.2) is 34.9 Å². The Balaban J connectivity index is 2.33. The number of aryl methyl sites for hydroxylation is 1. The van der Waals surface area contributed by atoms with Crippen molar-refractivity contribution in [1.29, 1.82) is 0 Å². The normalized spacial score (nSPS) is 12.6. The van der Waals surface area contributed by atoms with Gasteiger partial charge in [0.1, 0.15) is 0 Å². The topological polar surface area (TPSA) is 42.7 Å². The fourth-order valence-corrected chi connectivity index (χ4v) is 2.34. The Kier molecular flexibility index (Phi) is 4.49. The first-order chi connectivity index (χ1) is 8.72. The van der Waals surface area contributed by atoms with E-state index in [0.29, 0.717) is 0 Å². The molecule has 18 heavy (non-hydrogen) atoms. The molecule has 2 aromatic rings. The third-order valence-electron chi connectivity index (χ3n) is 2.83. The van der Waals surface area contributed by atoms with Gasteiger partial charge in [0.2, 0.25) is 0 Å². The predicted octanol–water partition coefficient (Wildman–Crippen LogP) is 2.67. The fraction of sp³-hybridized carbons (Fsp3) is 0.385. The van der Waals surface area contributed by atoms with Gasteiger partial charge < -0.3 is 5.32 Å². The third kappa shape index (κ3) is 2.97. The van der Waals surface area contributed by atoms with E-state index in [1.807, 2.05) is 30.1 Å². The molecule has 0 spiro atoms. The highest BCUT2D eigenvalue weighted by atomic mass is 79.9. The lowest BCUT2D eigenvalue weighted by molar-refractivity contribution is 0.550. The lowest BCUT2D eigenvalue weighted by Crippen LogP contribution is -2.25. The molecule has 4 nitrogen and oxygen atoms in total. The number of aromatic nitrogens is 3. The van der Waals surface area contributed by atoms with E-state index >= 15 is 0 Å².